The number of fused-ring (bicyclic) bond motifs is 8. The maximum absolute atomic E-state index is 13.0. The molecule has 2 aliphatic rings. The van der Waals surface area contributed by atoms with Crippen molar-refractivity contribution in [1.82, 2.24) is 24.8 Å². The van der Waals surface area contributed by atoms with E-state index in [1.54, 1.807) is 4.90 Å². The number of aromatic nitrogens is 4. The highest BCUT2D eigenvalue weighted by atomic mass is 16.3. The van der Waals surface area contributed by atoms with Crippen molar-refractivity contribution in [1.29, 1.82) is 0 Å². The molecule has 228 valence electrons. The molecular formula is C36H47N5O2. The summed E-state index contributed by atoms with van der Waals surface area (Å²) in [7, 11) is 1.82. The summed E-state index contributed by atoms with van der Waals surface area (Å²) in [5.41, 5.74) is 15.8. The number of carbonyl (C=O) groups is 1. The number of hydrogen-bond acceptors (Lipinski definition) is 4. The fourth-order valence-electron chi connectivity index (χ4n) is 6.81. The molecule has 3 aromatic heterocycles. The summed E-state index contributed by atoms with van der Waals surface area (Å²) in [6.45, 7) is 16.0. The van der Waals surface area contributed by atoms with Crippen molar-refractivity contribution in [2.24, 2.45) is 0 Å². The fourth-order valence-corrected chi connectivity index (χ4v) is 6.81. The van der Waals surface area contributed by atoms with Gasteiger partial charge in [-0.2, -0.15) is 0 Å². The van der Waals surface area contributed by atoms with Crippen LogP contribution >= 0.6 is 0 Å². The van der Waals surface area contributed by atoms with Gasteiger partial charge in [0.25, 0.3) is 0 Å². The van der Waals surface area contributed by atoms with Gasteiger partial charge in [0.2, 0.25) is 5.91 Å². The molecule has 0 radical (unpaired) electrons. The number of aliphatic hydroxyl groups excluding tert-OH is 1. The zero-order valence-corrected chi connectivity index (χ0v) is 27.1. The summed E-state index contributed by atoms with van der Waals surface area (Å²) in [5.74, 6) is 0.361. The van der Waals surface area contributed by atoms with Crippen LogP contribution in [-0.2, 0) is 17.6 Å². The number of rotatable bonds is 8. The van der Waals surface area contributed by atoms with Crippen molar-refractivity contribution < 1.29 is 9.90 Å². The molecule has 0 aromatic carbocycles. The number of hydrogen-bond donors (Lipinski definition) is 3. The van der Waals surface area contributed by atoms with Gasteiger partial charge in [-0.1, -0.05) is 20.8 Å². The number of nitrogens with one attached hydrogen (secondary N) is 2. The van der Waals surface area contributed by atoms with E-state index in [0.29, 0.717) is 25.8 Å². The van der Waals surface area contributed by atoms with Gasteiger partial charge in [-0.3, -0.25) is 9.78 Å². The van der Waals surface area contributed by atoms with E-state index in [4.69, 9.17) is 9.97 Å². The number of amides is 1. The first-order valence-corrected chi connectivity index (χ1v) is 15.8. The monoisotopic (exact) mass is 581 g/mol. The van der Waals surface area contributed by atoms with Crippen molar-refractivity contribution in [2.75, 3.05) is 20.2 Å². The molecule has 2 aliphatic heterocycles. The van der Waals surface area contributed by atoms with Gasteiger partial charge in [-0.15, -0.1) is 0 Å². The Morgan fingerprint density at radius 3 is 2.16 bits per heavy atom. The average molecular weight is 582 g/mol. The zero-order chi connectivity index (χ0) is 31.0. The Labute approximate surface area is 255 Å². The van der Waals surface area contributed by atoms with Gasteiger partial charge in [0.15, 0.2) is 0 Å². The Morgan fingerprint density at radius 1 is 0.907 bits per heavy atom. The highest BCUT2D eigenvalue weighted by molar-refractivity contribution is 5.85. The molecule has 0 saturated heterocycles. The second-order valence-corrected chi connectivity index (χ2v) is 12.3. The van der Waals surface area contributed by atoms with Crippen LogP contribution in [0.1, 0.15) is 109 Å². The van der Waals surface area contributed by atoms with Crippen molar-refractivity contribution in [3.8, 4) is 0 Å². The maximum Gasteiger partial charge on any atom is 0.222 e. The minimum absolute atomic E-state index is 0.0869. The Hall–Kier alpha value is -3.71. The summed E-state index contributed by atoms with van der Waals surface area (Å²) in [6, 6.07) is 6.67. The van der Waals surface area contributed by atoms with Crippen LogP contribution < -0.4 is 0 Å². The highest BCUT2D eigenvalue weighted by Crippen LogP contribution is 2.42. The predicted octanol–water partition coefficient (Wildman–Crippen LogP) is 7.43. The minimum atomic E-state index is 0.0869. The first-order valence-electron chi connectivity index (χ1n) is 15.8. The number of allylic oxidation sites excluding steroid dienone is 1. The predicted molar refractivity (Wildman–Crippen MR) is 177 cm³/mol. The zero-order valence-electron chi connectivity index (χ0n) is 27.1. The first-order chi connectivity index (χ1) is 20.6. The summed E-state index contributed by atoms with van der Waals surface area (Å²) >= 11 is 0. The molecule has 2 atom stereocenters. The third kappa shape index (κ3) is 5.79. The molecule has 0 fully saturated rings. The molecule has 5 rings (SSSR count). The second-order valence-electron chi connectivity index (χ2n) is 12.3. The van der Waals surface area contributed by atoms with Gasteiger partial charge in [-0.05, 0) is 111 Å². The SMILES string of the molecule is CCc1c(C)c2cc3[nH]c(cc4nc(c(C)c5nc(cc1[nH]2)C(C)=C5)[C@@H](CCC(=O)N(C)CCCO)[C@@H]4C)c(C)c3CC. The van der Waals surface area contributed by atoms with Crippen LogP contribution in [0, 0.1) is 20.8 Å². The van der Waals surface area contributed by atoms with Crippen molar-refractivity contribution >= 4 is 39.6 Å². The minimum Gasteiger partial charge on any atom is -0.396 e. The summed E-state index contributed by atoms with van der Waals surface area (Å²) in [4.78, 5) is 32.6. The summed E-state index contributed by atoms with van der Waals surface area (Å²) in [6.07, 6.45) is 5.78. The maximum atomic E-state index is 13.0. The smallest absolute Gasteiger partial charge is 0.222 e. The molecule has 3 N–H and O–H groups in total. The number of carbonyl (C=O) groups excluding carboxylic acids is 1. The Kier molecular flexibility index (Phi) is 8.93. The topological polar surface area (TPSA) is 97.9 Å². The number of aryl methyl sites for hydroxylation is 4. The highest BCUT2D eigenvalue weighted by Gasteiger charge is 2.31. The summed E-state index contributed by atoms with van der Waals surface area (Å²) < 4.78 is 0. The van der Waals surface area contributed by atoms with Crippen LogP contribution in [0.15, 0.2) is 18.2 Å². The van der Waals surface area contributed by atoms with Crippen LogP contribution in [0.5, 0.6) is 0 Å². The molecule has 5 heterocycles. The van der Waals surface area contributed by atoms with Gasteiger partial charge >= 0.3 is 0 Å². The molecule has 0 spiro atoms. The van der Waals surface area contributed by atoms with E-state index in [1.807, 2.05) is 7.05 Å². The van der Waals surface area contributed by atoms with E-state index in [1.165, 1.54) is 22.3 Å². The van der Waals surface area contributed by atoms with Gasteiger partial charge in [0.05, 0.1) is 11.4 Å². The number of aromatic amines is 2. The van der Waals surface area contributed by atoms with E-state index in [9.17, 15) is 9.90 Å². The largest absolute Gasteiger partial charge is 0.396 e. The molecule has 0 saturated carbocycles. The van der Waals surface area contributed by atoms with Gasteiger partial charge in [0, 0.05) is 71.9 Å². The van der Waals surface area contributed by atoms with Crippen molar-refractivity contribution in [3.63, 3.8) is 0 Å². The molecule has 7 nitrogen and oxygen atoms in total. The van der Waals surface area contributed by atoms with Crippen LogP contribution in [0.2, 0.25) is 0 Å². The quantitative estimate of drug-likeness (QED) is 0.258. The average Bonchev–Trinajstić information content (AvgIpc) is 3.68. The van der Waals surface area contributed by atoms with E-state index >= 15 is 0 Å². The lowest BCUT2D eigenvalue weighted by Crippen LogP contribution is -2.28. The third-order valence-corrected chi connectivity index (χ3v) is 9.66. The van der Waals surface area contributed by atoms with E-state index < -0.39 is 0 Å². The van der Waals surface area contributed by atoms with E-state index in [2.05, 4.69) is 82.7 Å². The van der Waals surface area contributed by atoms with Crippen molar-refractivity contribution in [3.05, 3.63) is 68.8 Å². The van der Waals surface area contributed by atoms with Gasteiger partial charge in [0.1, 0.15) is 0 Å². The second kappa shape index (κ2) is 12.5. The first kappa shape index (κ1) is 30.7. The lowest BCUT2D eigenvalue weighted by atomic mass is 9.85. The molecule has 7 heteroatoms. The third-order valence-electron chi connectivity index (χ3n) is 9.66. The van der Waals surface area contributed by atoms with Crippen LogP contribution in [0.3, 0.4) is 0 Å². The normalized spacial score (nSPS) is 16.4. The molecule has 43 heavy (non-hydrogen) atoms. The number of aliphatic hydroxyl groups is 1. The standard InChI is InChI=1S/C36H47N5O2/c1-9-25-22(5)31-19-34-26(10-2)21(4)30(38-34)18-32-23(6)27(12-13-35(43)41(8)14-11-15-42)36(40-32)24(7)29-16-20(3)28(37-29)17-33(25)39-31/h16-19,23,27,38-39,42H,9-15H2,1-8H3/t23-,27-/m0/s1. The fraction of sp³-hybridized carbons (Fsp3) is 0.472. The van der Waals surface area contributed by atoms with Crippen LogP contribution in [-0.4, -0.2) is 56.0 Å². The van der Waals surface area contributed by atoms with Crippen LogP contribution in [0.4, 0.5) is 0 Å². The Morgan fingerprint density at radius 2 is 1.53 bits per heavy atom. The lowest BCUT2D eigenvalue weighted by molar-refractivity contribution is -0.130. The summed E-state index contributed by atoms with van der Waals surface area (Å²) in [5, 5.41) is 9.20. The van der Waals surface area contributed by atoms with Crippen LogP contribution in [0.25, 0.3) is 33.7 Å². The van der Waals surface area contributed by atoms with Crippen molar-refractivity contribution in [2.45, 2.75) is 92.4 Å². The number of H-pyrrole nitrogens is 2. The van der Waals surface area contributed by atoms with Gasteiger partial charge in [-0.25, -0.2) is 4.98 Å². The molecule has 3 aromatic rings. The molecule has 0 unspecified atom stereocenters. The Bertz CT molecular complexity index is 1740. The van der Waals surface area contributed by atoms with E-state index in [0.717, 1.165) is 68.8 Å². The number of nitrogens with zero attached hydrogens (tertiary/aromatic N) is 3. The lowest BCUT2D eigenvalue weighted by Gasteiger charge is -2.20. The molecule has 1 amide bonds. The molecule has 8 bridgehead atoms. The molecule has 0 aliphatic carbocycles. The van der Waals surface area contributed by atoms with E-state index in [-0.39, 0.29) is 24.3 Å². The van der Waals surface area contributed by atoms with Gasteiger partial charge < -0.3 is 20.0 Å². The molecular weight excluding hydrogens is 534 g/mol. The Balaban J connectivity index is 1.75.